The number of rotatable bonds is 9. The van der Waals surface area contributed by atoms with Crippen LogP contribution in [-0.4, -0.2) is 64.3 Å². The summed E-state index contributed by atoms with van der Waals surface area (Å²) in [5.41, 5.74) is 6.20. The number of ether oxygens (including phenoxy) is 1. The third-order valence-electron chi connectivity index (χ3n) is 4.22. The molecule has 6 atom stereocenters. The van der Waals surface area contributed by atoms with Gasteiger partial charge in [-0.1, -0.05) is 11.8 Å². The van der Waals surface area contributed by atoms with Crippen LogP contribution in [0.3, 0.4) is 0 Å². The Morgan fingerprint density at radius 3 is 2.22 bits per heavy atom. The summed E-state index contributed by atoms with van der Waals surface area (Å²) in [5.74, 6) is 0.362. The van der Waals surface area contributed by atoms with Gasteiger partial charge < -0.3 is 59.6 Å². The first-order chi connectivity index (χ1) is 15.1. The first-order valence-electron chi connectivity index (χ1n) is 8.57. The Labute approximate surface area is 303 Å². The van der Waals surface area contributed by atoms with Crippen LogP contribution in [0.1, 0.15) is 0 Å². The van der Waals surface area contributed by atoms with Crippen molar-refractivity contribution in [3.8, 4) is 0 Å². The fraction of sp³-hybridized carbons (Fsp3) is 0.636. The number of aliphatic hydroxyl groups is 2. The van der Waals surface area contributed by atoms with E-state index in [1.165, 1.54) is 16.7 Å². The molecule has 0 bridgehead atoms. The smallest absolute Gasteiger partial charge is 0.790 e. The first-order valence-corrected chi connectivity index (χ1v) is 14.2. The van der Waals surface area contributed by atoms with Gasteiger partial charge in [-0.3, -0.25) is 13.4 Å². The Bertz CT molecular complexity index is 1060. The Morgan fingerprint density at radius 1 is 1.08 bits per heavy atom. The topological polar surface area (TPSA) is 288 Å². The molecule has 37 heavy (non-hydrogen) atoms. The largest absolute Gasteiger partial charge is 1.00 e. The maximum absolute atomic E-state index is 11.7. The maximum atomic E-state index is 11.7. The number of phosphoric ester groups is 1. The molecule has 188 valence electrons. The van der Waals surface area contributed by atoms with Gasteiger partial charge in [-0.2, -0.15) is 0 Å². The molecule has 0 aromatic carbocycles. The van der Waals surface area contributed by atoms with Gasteiger partial charge in [-0.15, -0.1) is 0 Å². The number of aliphatic hydroxyl groups excluding tert-OH is 2. The van der Waals surface area contributed by atoms with Crippen LogP contribution in [0.15, 0.2) is 5.16 Å². The van der Waals surface area contributed by atoms with Crippen LogP contribution in [0.25, 0.3) is 0 Å². The van der Waals surface area contributed by atoms with Crippen molar-refractivity contribution in [3.63, 3.8) is 0 Å². The molecule has 0 saturated carbocycles. The average molecular weight is 643 g/mol. The van der Waals surface area contributed by atoms with Crippen LogP contribution in [0, 0.1) is 0 Å². The molecule has 1 aromatic heterocycles. The molecule has 1 fully saturated rings. The number of aromatic nitrogens is 2. The fourth-order valence-electron chi connectivity index (χ4n) is 2.94. The number of phosphoric acid groups is 3. The molecule has 18 nitrogen and oxygen atoms in total. The van der Waals surface area contributed by atoms with Crippen LogP contribution in [0.4, 0.5) is 17.3 Å². The molecule has 3 rings (SSSR count). The fourth-order valence-corrected chi connectivity index (χ4v) is 6.17. The van der Waals surface area contributed by atoms with Crippen molar-refractivity contribution >= 4 is 52.6 Å². The molecule has 1 saturated heterocycles. The summed E-state index contributed by atoms with van der Waals surface area (Å²) in [6, 6.07) is 0. The number of nitrogens with one attached hydrogen (secondary N) is 1. The molecule has 5 N–H and O–H groups in total. The van der Waals surface area contributed by atoms with Crippen molar-refractivity contribution in [2.75, 3.05) is 35.5 Å². The number of nitrogens with two attached hydrogens (primary N) is 1. The van der Waals surface area contributed by atoms with E-state index < -0.39 is 54.6 Å². The van der Waals surface area contributed by atoms with Crippen LogP contribution >= 0.6 is 35.2 Å². The number of hydrogen-bond acceptors (Lipinski definition) is 19. The molecule has 2 aliphatic rings. The molecular formula is C11H16N5Na4O13P3S. The second kappa shape index (κ2) is 16.8. The standard InChI is InChI=1S/C11H20N5O13P3S.4Na/c1-33-11-14-8(12)5-9(15-11)16(3-13-5)10-7(18)6(17)4(27-10)2-26-31(22,23)29-32(24,25)28-30(19,20)21;;;;/h4,6-7,10,13,17-18H,2-3H2,1H3,(H,22,23)(H,24,25)(H2,12,14,15)(H2,19,20,21);;;;/q;4*+1/p-4/t4-,6+,7+,10-;;;;/m1..../s1. The number of fused-ring (bicyclic) bond motifs is 1. The van der Waals surface area contributed by atoms with E-state index in [9.17, 15) is 43.5 Å². The van der Waals surface area contributed by atoms with Gasteiger partial charge in [-0.25, -0.2) is 14.3 Å². The van der Waals surface area contributed by atoms with Crippen LogP contribution in [0.5, 0.6) is 0 Å². The van der Waals surface area contributed by atoms with E-state index >= 15 is 0 Å². The molecule has 0 radical (unpaired) electrons. The van der Waals surface area contributed by atoms with Gasteiger partial charge in [0.15, 0.2) is 23.0 Å². The van der Waals surface area contributed by atoms with Gasteiger partial charge in [0.1, 0.15) is 24.0 Å². The molecule has 3 heterocycles. The van der Waals surface area contributed by atoms with Gasteiger partial charge in [0, 0.05) is 0 Å². The van der Waals surface area contributed by atoms with Crippen molar-refractivity contribution in [1.29, 1.82) is 0 Å². The molecule has 0 aliphatic carbocycles. The number of nitrogen functional groups attached to an aromatic ring is 1. The summed E-state index contributed by atoms with van der Waals surface area (Å²) in [4.78, 5) is 53.3. The van der Waals surface area contributed by atoms with E-state index in [1.807, 2.05) is 0 Å². The maximum Gasteiger partial charge on any atom is 1.00 e. The number of nitrogens with zero attached hydrogens (tertiary/aromatic N) is 3. The van der Waals surface area contributed by atoms with Crippen molar-refractivity contribution in [3.05, 3.63) is 0 Å². The van der Waals surface area contributed by atoms with Gasteiger partial charge in [-0.05, 0) is 6.26 Å². The molecule has 0 spiro atoms. The zero-order valence-electron chi connectivity index (χ0n) is 20.3. The van der Waals surface area contributed by atoms with Gasteiger partial charge in [0.25, 0.3) is 15.6 Å². The summed E-state index contributed by atoms with van der Waals surface area (Å²) < 4.78 is 49.4. The molecule has 0 amide bonds. The molecule has 2 unspecified atom stereocenters. The van der Waals surface area contributed by atoms with Crippen LogP contribution in [-0.2, 0) is 31.6 Å². The summed E-state index contributed by atoms with van der Waals surface area (Å²) in [6.45, 7) is -1.03. The van der Waals surface area contributed by atoms with E-state index in [2.05, 4.69) is 28.4 Å². The summed E-state index contributed by atoms with van der Waals surface area (Å²) >= 11 is 1.19. The molecule has 2 aliphatic heterocycles. The van der Waals surface area contributed by atoms with E-state index in [4.69, 9.17) is 10.5 Å². The monoisotopic (exact) mass is 643 g/mol. The van der Waals surface area contributed by atoms with E-state index in [-0.39, 0.29) is 137 Å². The van der Waals surface area contributed by atoms with Gasteiger partial charge in [0.05, 0.1) is 21.1 Å². The van der Waals surface area contributed by atoms with Crippen LogP contribution < -0.4 is 154 Å². The minimum Gasteiger partial charge on any atom is -0.790 e. The third kappa shape index (κ3) is 11.6. The third-order valence-corrected chi connectivity index (χ3v) is 8.43. The van der Waals surface area contributed by atoms with E-state index in [0.717, 1.165) is 0 Å². The zero-order chi connectivity index (χ0) is 24.8. The van der Waals surface area contributed by atoms with Crippen molar-refractivity contribution in [1.82, 2.24) is 9.97 Å². The summed E-state index contributed by atoms with van der Waals surface area (Å²) in [7, 11) is -18.1. The Balaban J connectivity index is 0. The van der Waals surface area contributed by atoms with Gasteiger partial charge in [0.2, 0.25) is 0 Å². The average Bonchev–Trinajstić information content (AvgIpc) is 3.19. The Morgan fingerprint density at radius 2 is 1.68 bits per heavy atom. The second-order valence-electron chi connectivity index (χ2n) is 6.45. The normalized spacial score (nSPS) is 25.6. The minimum atomic E-state index is -6.14. The van der Waals surface area contributed by atoms with Crippen molar-refractivity contribution in [2.45, 2.75) is 29.7 Å². The second-order valence-corrected chi connectivity index (χ2v) is 11.5. The predicted molar refractivity (Wildman–Crippen MR) is 101 cm³/mol. The van der Waals surface area contributed by atoms with Crippen molar-refractivity contribution in [2.24, 2.45) is 0 Å². The zero-order valence-corrected chi connectivity index (χ0v) is 31.8. The number of hydrogen-bond donors (Lipinski definition) is 4. The quantitative estimate of drug-likeness (QED) is 0.0840. The molecule has 1 aromatic rings. The summed E-state index contributed by atoms with van der Waals surface area (Å²) in [6.07, 6.45) is -4.39. The molecular weight excluding hydrogens is 627 g/mol. The number of thioether (sulfide) groups is 1. The predicted octanol–water partition coefficient (Wildman–Crippen LogP) is -15.8. The van der Waals surface area contributed by atoms with Crippen molar-refractivity contribution < 1.29 is 180 Å². The number of anilines is 3. The summed E-state index contributed by atoms with van der Waals surface area (Å²) in [5, 5.41) is 23.8. The molecule has 26 heteroatoms. The van der Waals surface area contributed by atoms with Gasteiger partial charge >= 0.3 is 118 Å². The van der Waals surface area contributed by atoms with E-state index in [0.29, 0.717) is 10.8 Å². The SMILES string of the molecule is CSc1nc(N)c2c(n1)N([C@@H]1O[C@H](COP(=O)([O-])OP(=O)([O-])OP(=O)([O-])[O-])[C@H](O)[C@@H]1O)CN2.[Na+].[Na+].[Na+].[Na+]. The van der Waals surface area contributed by atoms with E-state index in [1.54, 1.807) is 6.26 Å². The Hall–Kier alpha value is 3.12. The van der Waals surface area contributed by atoms with Crippen LogP contribution in [0.2, 0.25) is 0 Å². The first kappa shape index (κ1) is 42.3. The minimum absolute atomic E-state index is 0. The Kier molecular flexibility index (Phi) is 19.2.